The topological polar surface area (TPSA) is 90.0 Å². The van der Waals surface area contributed by atoms with E-state index in [9.17, 15) is 9.59 Å². The van der Waals surface area contributed by atoms with Gasteiger partial charge in [-0.2, -0.15) is 0 Å². The monoisotopic (exact) mass is 362 g/mol. The van der Waals surface area contributed by atoms with Gasteiger partial charge in [-0.25, -0.2) is 9.47 Å². The lowest BCUT2D eigenvalue weighted by atomic mass is 10.2. The Kier molecular flexibility index (Phi) is 3.53. The molecular weight excluding hydrogens is 352 g/mol. The van der Waals surface area contributed by atoms with Crippen LogP contribution in [0, 0.1) is 13.8 Å². The highest BCUT2D eigenvalue weighted by Crippen LogP contribution is 2.19. The second kappa shape index (κ2) is 5.38. The van der Waals surface area contributed by atoms with Crippen LogP contribution < -0.4 is 11.1 Å². The fourth-order valence-electron chi connectivity index (χ4n) is 2.04. The van der Waals surface area contributed by atoms with Crippen molar-refractivity contribution < 1.29 is 9.21 Å². The molecule has 7 nitrogen and oxygen atoms in total. The minimum Gasteiger partial charge on any atom is -0.422 e. The lowest BCUT2D eigenvalue weighted by Crippen LogP contribution is -2.28. The number of fused-ring (bicyclic) bond motifs is 1. The maximum absolute atomic E-state index is 12.3. The molecule has 0 aliphatic heterocycles. The first-order chi connectivity index (χ1) is 10.5. The van der Waals surface area contributed by atoms with Gasteiger partial charge in [-0.3, -0.25) is 10.2 Å². The highest BCUT2D eigenvalue weighted by Gasteiger charge is 2.16. The molecule has 1 amide bonds. The number of halogens is 1. The summed E-state index contributed by atoms with van der Waals surface area (Å²) in [5.41, 5.74) is 2.21. The van der Waals surface area contributed by atoms with Gasteiger partial charge in [0.25, 0.3) is 5.91 Å². The first-order valence-corrected chi connectivity index (χ1v) is 7.18. The third-order valence-corrected chi connectivity index (χ3v) is 3.63. The van der Waals surface area contributed by atoms with Gasteiger partial charge < -0.3 is 4.42 Å². The fraction of sp³-hybridized carbons (Fsp3) is 0.143. The van der Waals surface area contributed by atoms with Crippen LogP contribution in [0.3, 0.4) is 0 Å². The number of hydrogen-bond donors (Lipinski definition) is 1. The molecule has 0 aliphatic rings. The molecule has 2 aromatic heterocycles. The number of aryl methyl sites for hydroxylation is 2. The lowest BCUT2D eigenvalue weighted by Gasteiger charge is -2.08. The molecule has 0 bridgehead atoms. The van der Waals surface area contributed by atoms with Gasteiger partial charge >= 0.3 is 5.63 Å². The molecular formula is C14H11BrN4O3. The van der Waals surface area contributed by atoms with Crippen LogP contribution in [0.1, 0.15) is 22.0 Å². The molecule has 0 unspecified atom stereocenters. The first-order valence-electron chi connectivity index (χ1n) is 6.39. The quantitative estimate of drug-likeness (QED) is 0.705. The van der Waals surface area contributed by atoms with Crippen LogP contribution in [0.5, 0.6) is 0 Å². The van der Waals surface area contributed by atoms with Gasteiger partial charge in [-0.1, -0.05) is 15.9 Å². The SMILES string of the molecule is Cc1nnc(C)n1NC(=O)c1cc2cc(Br)ccc2oc1=O. The second-order valence-corrected chi connectivity index (χ2v) is 5.62. The van der Waals surface area contributed by atoms with Crippen LogP contribution in [0.4, 0.5) is 0 Å². The van der Waals surface area contributed by atoms with Gasteiger partial charge in [0.2, 0.25) is 0 Å². The highest BCUT2D eigenvalue weighted by atomic mass is 79.9. The van der Waals surface area contributed by atoms with Crippen LogP contribution in [0.15, 0.2) is 37.9 Å². The normalized spacial score (nSPS) is 10.9. The molecule has 0 atom stereocenters. The van der Waals surface area contributed by atoms with Crippen molar-refractivity contribution in [3.63, 3.8) is 0 Å². The standard InChI is InChI=1S/C14H11BrN4O3/c1-7-16-17-8(2)19(7)18-13(20)11-6-9-5-10(15)3-4-12(9)22-14(11)21/h3-6H,1-2H3,(H,18,20). The molecule has 3 rings (SSSR count). The molecule has 0 radical (unpaired) electrons. The lowest BCUT2D eigenvalue weighted by molar-refractivity contribution is 0.100. The summed E-state index contributed by atoms with van der Waals surface area (Å²) in [7, 11) is 0. The van der Waals surface area contributed by atoms with E-state index in [1.54, 1.807) is 32.0 Å². The second-order valence-electron chi connectivity index (χ2n) is 4.70. The van der Waals surface area contributed by atoms with Crippen LogP contribution in [0.2, 0.25) is 0 Å². The van der Waals surface area contributed by atoms with E-state index in [0.717, 1.165) is 4.47 Å². The Hall–Kier alpha value is -2.48. The number of rotatable bonds is 2. The maximum Gasteiger partial charge on any atom is 0.349 e. The zero-order valence-electron chi connectivity index (χ0n) is 11.8. The van der Waals surface area contributed by atoms with Crippen molar-refractivity contribution in [2.75, 3.05) is 5.43 Å². The van der Waals surface area contributed by atoms with Crippen molar-refractivity contribution in [3.8, 4) is 0 Å². The summed E-state index contributed by atoms with van der Waals surface area (Å²) in [4.78, 5) is 24.3. The number of nitrogens with one attached hydrogen (secondary N) is 1. The van der Waals surface area contributed by atoms with Gasteiger partial charge in [-0.15, -0.1) is 10.2 Å². The third kappa shape index (κ3) is 2.52. The van der Waals surface area contributed by atoms with Crippen molar-refractivity contribution in [1.82, 2.24) is 14.9 Å². The van der Waals surface area contributed by atoms with Crippen LogP contribution in [-0.4, -0.2) is 20.8 Å². The van der Waals surface area contributed by atoms with Crippen molar-refractivity contribution >= 4 is 32.8 Å². The maximum atomic E-state index is 12.3. The van der Waals surface area contributed by atoms with Gasteiger partial charge in [0.1, 0.15) is 22.8 Å². The van der Waals surface area contributed by atoms with Crippen molar-refractivity contribution in [2.45, 2.75) is 13.8 Å². The molecule has 1 N–H and O–H groups in total. The van der Waals surface area contributed by atoms with Gasteiger partial charge in [0, 0.05) is 9.86 Å². The molecule has 0 saturated heterocycles. The summed E-state index contributed by atoms with van der Waals surface area (Å²) in [5.74, 6) is 0.444. The Morgan fingerprint density at radius 3 is 2.59 bits per heavy atom. The van der Waals surface area contributed by atoms with E-state index in [1.165, 1.54) is 10.7 Å². The Balaban J connectivity index is 2.04. The Morgan fingerprint density at radius 2 is 1.91 bits per heavy atom. The number of hydrogen-bond acceptors (Lipinski definition) is 5. The number of nitrogens with zero attached hydrogens (tertiary/aromatic N) is 3. The summed E-state index contributed by atoms with van der Waals surface area (Å²) in [6, 6.07) is 6.69. The number of amides is 1. The van der Waals surface area contributed by atoms with Crippen LogP contribution in [0.25, 0.3) is 11.0 Å². The third-order valence-electron chi connectivity index (χ3n) is 3.14. The summed E-state index contributed by atoms with van der Waals surface area (Å²) in [6.07, 6.45) is 0. The molecule has 112 valence electrons. The summed E-state index contributed by atoms with van der Waals surface area (Å²) in [5, 5.41) is 8.32. The van der Waals surface area contributed by atoms with E-state index in [1.807, 2.05) is 0 Å². The van der Waals surface area contributed by atoms with E-state index in [2.05, 4.69) is 31.6 Å². The molecule has 3 aromatic rings. The summed E-state index contributed by atoms with van der Waals surface area (Å²) in [6.45, 7) is 3.39. The molecule has 0 spiro atoms. The summed E-state index contributed by atoms with van der Waals surface area (Å²) >= 11 is 3.34. The molecule has 22 heavy (non-hydrogen) atoms. The van der Waals surface area contributed by atoms with Gasteiger partial charge in [0.15, 0.2) is 0 Å². The van der Waals surface area contributed by atoms with E-state index in [4.69, 9.17) is 4.42 Å². The number of carbonyl (C=O) groups excluding carboxylic acids is 1. The van der Waals surface area contributed by atoms with E-state index in [0.29, 0.717) is 22.6 Å². The highest BCUT2D eigenvalue weighted by molar-refractivity contribution is 9.10. The van der Waals surface area contributed by atoms with Gasteiger partial charge in [0.05, 0.1) is 0 Å². The molecule has 0 saturated carbocycles. The Morgan fingerprint density at radius 1 is 1.23 bits per heavy atom. The Labute approximate surface area is 133 Å². The molecule has 0 aliphatic carbocycles. The average Bonchev–Trinajstić information content (AvgIpc) is 2.78. The average molecular weight is 363 g/mol. The van der Waals surface area contributed by atoms with Crippen LogP contribution >= 0.6 is 15.9 Å². The van der Waals surface area contributed by atoms with Crippen molar-refractivity contribution in [2.24, 2.45) is 0 Å². The van der Waals surface area contributed by atoms with Gasteiger partial charge in [-0.05, 0) is 38.1 Å². The predicted molar refractivity (Wildman–Crippen MR) is 83.4 cm³/mol. The largest absolute Gasteiger partial charge is 0.422 e. The van der Waals surface area contributed by atoms with E-state index in [-0.39, 0.29) is 5.56 Å². The number of aromatic nitrogens is 3. The van der Waals surface area contributed by atoms with E-state index >= 15 is 0 Å². The smallest absolute Gasteiger partial charge is 0.349 e. The minimum absolute atomic E-state index is 0.0851. The Bertz CT molecular complexity index is 925. The molecule has 0 fully saturated rings. The van der Waals surface area contributed by atoms with E-state index < -0.39 is 11.5 Å². The zero-order chi connectivity index (χ0) is 15.9. The molecule has 8 heteroatoms. The number of carbonyl (C=O) groups is 1. The zero-order valence-corrected chi connectivity index (χ0v) is 13.3. The molecule has 2 heterocycles. The number of benzene rings is 1. The van der Waals surface area contributed by atoms with Crippen LogP contribution in [-0.2, 0) is 0 Å². The minimum atomic E-state index is -0.698. The summed E-state index contributed by atoms with van der Waals surface area (Å²) < 4.78 is 7.41. The predicted octanol–water partition coefficient (Wildman–Crippen LogP) is 2.15. The van der Waals surface area contributed by atoms with Crippen molar-refractivity contribution in [3.05, 3.63) is 56.4 Å². The first kappa shape index (κ1) is 14.5. The molecule has 1 aromatic carbocycles. The van der Waals surface area contributed by atoms with Crippen molar-refractivity contribution in [1.29, 1.82) is 0 Å². The fourth-order valence-corrected chi connectivity index (χ4v) is 2.42.